The molecular weight excluding hydrogens is 404 g/mol. The van der Waals surface area contributed by atoms with E-state index in [9.17, 15) is 4.79 Å². The second-order valence-corrected chi connectivity index (χ2v) is 7.96. The molecule has 0 aromatic heterocycles. The number of thioether (sulfide) groups is 1. The maximum Gasteiger partial charge on any atom is 0.255 e. The van der Waals surface area contributed by atoms with Crippen molar-refractivity contribution >= 4 is 28.5 Å². The zero-order chi connectivity index (χ0) is 21.3. The summed E-state index contributed by atoms with van der Waals surface area (Å²) in [5.74, 6) is 2.29. The third-order valence-corrected chi connectivity index (χ3v) is 5.79. The molecular formula is C21H24N4O4S. The number of fused-ring (bicyclic) bond motifs is 3. The summed E-state index contributed by atoms with van der Waals surface area (Å²) in [6.45, 7) is 2.02. The summed E-state index contributed by atoms with van der Waals surface area (Å²) >= 11 is 1.49. The van der Waals surface area contributed by atoms with Gasteiger partial charge in [0.05, 0.1) is 21.3 Å². The highest BCUT2D eigenvalue weighted by Crippen LogP contribution is 2.46. The summed E-state index contributed by atoms with van der Waals surface area (Å²) in [6.07, 6.45) is -0.405. The predicted molar refractivity (Wildman–Crippen MR) is 117 cm³/mol. The lowest BCUT2D eigenvalue weighted by atomic mass is 9.97. The Kier molecular flexibility index (Phi) is 5.63. The Morgan fingerprint density at radius 1 is 1.10 bits per heavy atom. The van der Waals surface area contributed by atoms with Crippen LogP contribution in [0.2, 0.25) is 0 Å². The Morgan fingerprint density at radius 2 is 1.80 bits per heavy atom. The highest BCUT2D eigenvalue weighted by Gasteiger charge is 2.42. The second kappa shape index (κ2) is 8.35. The van der Waals surface area contributed by atoms with E-state index >= 15 is 0 Å². The minimum absolute atomic E-state index is 0.104. The van der Waals surface area contributed by atoms with Crippen molar-refractivity contribution in [2.75, 3.05) is 32.4 Å². The highest BCUT2D eigenvalue weighted by atomic mass is 32.2. The molecule has 158 valence electrons. The molecule has 0 aliphatic carbocycles. The number of nitrogens with one attached hydrogen (secondary N) is 2. The molecule has 2 N–H and O–H groups in total. The van der Waals surface area contributed by atoms with Crippen molar-refractivity contribution in [2.24, 2.45) is 5.10 Å². The van der Waals surface area contributed by atoms with Gasteiger partial charge in [-0.3, -0.25) is 9.80 Å². The number of hydrogen-bond acceptors (Lipinski definition) is 8. The molecule has 2 aliphatic rings. The van der Waals surface area contributed by atoms with Crippen molar-refractivity contribution in [3.8, 4) is 17.2 Å². The molecule has 30 heavy (non-hydrogen) atoms. The first kappa shape index (κ1) is 20.2. The van der Waals surface area contributed by atoms with Crippen LogP contribution in [0.5, 0.6) is 17.2 Å². The minimum atomic E-state index is -0.548. The normalized spacial score (nSPS) is 19.7. The van der Waals surface area contributed by atoms with Crippen LogP contribution in [0.3, 0.4) is 0 Å². The zero-order valence-electron chi connectivity index (χ0n) is 17.3. The van der Waals surface area contributed by atoms with Crippen molar-refractivity contribution in [3.63, 3.8) is 0 Å². The minimum Gasteiger partial charge on any atom is -0.493 e. The number of hydrogen-bond donors (Lipinski definition) is 2. The highest BCUT2D eigenvalue weighted by molar-refractivity contribution is 8.13. The third-order valence-electron chi connectivity index (χ3n) is 5.05. The summed E-state index contributed by atoms with van der Waals surface area (Å²) in [7, 11) is 4.73. The van der Waals surface area contributed by atoms with Crippen LogP contribution in [0.1, 0.15) is 30.3 Å². The monoisotopic (exact) mass is 428 g/mol. The summed E-state index contributed by atoms with van der Waals surface area (Å²) < 4.78 is 16.5. The maximum atomic E-state index is 13.1. The molecule has 4 rings (SSSR count). The number of methoxy groups -OCH3 is 3. The van der Waals surface area contributed by atoms with Crippen LogP contribution in [0.4, 0.5) is 5.69 Å². The molecule has 2 atom stereocenters. The third kappa shape index (κ3) is 3.39. The Labute approximate surface area is 179 Å². The molecule has 9 heteroatoms. The smallest absolute Gasteiger partial charge is 0.255 e. The van der Waals surface area contributed by atoms with Crippen LogP contribution in [0, 0.1) is 0 Å². The number of para-hydroxylation sites is 1. The van der Waals surface area contributed by atoms with Gasteiger partial charge in [-0.1, -0.05) is 36.9 Å². The number of carbonyl (C=O) groups excluding carboxylic acids is 1. The van der Waals surface area contributed by atoms with Gasteiger partial charge in [-0.2, -0.15) is 0 Å². The van der Waals surface area contributed by atoms with Crippen LogP contribution in [-0.2, 0) is 4.79 Å². The molecule has 2 aromatic carbocycles. The average molecular weight is 429 g/mol. The Bertz CT molecular complexity index is 972. The molecule has 2 heterocycles. The van der Waals surface area contributed by atoms with E-state index in [1.54, 1.807) is 26.3 Å². The molecule has 0 spiro atoms. The number of amidine groups is 1. The number of amides is 1. The molecule has 0 unspecified atom stereocenters. The van der Waals surface area contributed by atoms with E-state index in [4.69, 9.17) is 19.3 Å². The summed E-state index contributed by atoms with van der Waals surface area (Å²) in [5, 5.41) is 13.6. The standard InChI is InChI=1S/C21H24N4O4S/c1-5-30-21-23-20(26)17-13-8-6-7-9-14(13)22-19(25(17)24-21)12-10-15(27-2)18(29-4)16(11-12)28-3/h6-11,17,19,22H,5H2,1-4H3,(H,23,24,26)/t17-,19-/m1/s1. The van der Waals surface area contributed by atoms with Gasteiger partial charge in [0.15, 0.2) is 22.7 Å². The first-order valence-electron chi connectivity index (χ1n) is 9.57. The SMILES string of the molecule is CCSC1=NN2[C@H](c3cc(OC)c(OC)c(OC)c3)Nc3ccccc3[C@@H]2C(=O)N1. The van der Waals surface area contributed by atoms with E-state index in [0.717, 1.165) is 22.6 Å². The molecule has 0 saturated carbocycles. The van der Waals surface area contributed by atoms with Gasteiger partial charge in [-0.25, -0.2) is 0 Å². The summed E-state index contributed by atoms with van der Waals surface area (Å²) in [4.78, 5) is 13.1. The molecule has 0 saturated heterocycles. The first-order chi connectivity index (χ1) is 14.6. The zero-order valence-corrected chi connectivity index (χ0v) is 18.1. The van der Waals surface area contributed by atoms with Crippen molar-refractivity contribution in [1.82, 2.24) is 10.3 Å². The molecule has 1 amide bonds. The van der Waals surface area contributed by atoms with Crippen LogP contribution >= 0.6 is 11.8 Å². The molecule has 0 radical (unpaired) electrons. The van der Waals surface area contributed by atoms with Gasteiger partial charge < -0.3 is 24.8 Å². The quantitative estimate of drug-likeness (QED) is 0.756. The Morgan fingerprint density at radius 3 is 2.43 bits per heavy atom. The van der Waals surface area contributed by atoms with Crippen molar-refractivity contribution in [2.45, 2.75) is 19.1 Å². The predicted octanol–water partition coefficient (Wildman–Crippen LogP) is 3.33. The van der Waals surface area contributed by atoms with Gasteiger partial charge >= 0.3 is 0 Å². The fraction of sp³-hybridized carbons (Fsp3) is 0.333. The van der Waals surface area contributed by atoms with Crippen molar-refractivity contribution in [1.29, 1.82) is 0 Å². The van der Waals surface area contributed by atoms with E-state index in [0.29, 0.717) is 22.4 Å². The number of hydrazone groups is 1. The number of carbonyl (C=O) groups is 1. The van der Waals surface area contributed by atoms with Crippen molar-refractivity contribution in [3.05, 3.63) is 47.5 Å². The molecule has 2 aromatic rings. The largest absolute Gasteiger partial charge is 0.493 e. The first-order valence-corrected chi connectivity index (χ1v) is 10.6. The Hall–Kier alpha value is -3.07. The number of rotatable bonds is 5. The number of benzene rings is 2. The fourth-order valence-corrected chi connectivity index (χ4v) is 4.35. The van der Waals surface area contributed by atoms with Gasteiger partial charge in [-0.15, -0.1) is 5.10 Å². The molecule has 0 fully saturated rings. The van der Waals surface area contributed by atoms with E-state index in [1.165, 1.54) is 11.8 Å². The van der Waals surface area contributed by atoms with E-state index in [2.05, 4.69) is 10.6 Å². The topological polar surface area (TPSA) is 84.4 Å². The van der Waals surface area contributed by atoms with Crippen LogP contribution in [0.15, 0.2) is 41.5 Å². The van der Waals surface area contributed by atoms with Crippen molar-refractivity contribution < 1.29 is 19.0 Å². The van der Waals surface area contributed by atoms with Crippen LogP contribution < -0.4 is 24.8 Å². The molecule has 2 aliphatic heterocycles. The van der Waals surface area contributed by atoms with Gasteiger partial charge in [0.1, 0.15) is 6.17 Å². The maximum absolute atomic E-state index is 13.1. The number of anilines is 1. The summed E-state index contributed by atoms with van der Waals surface area (Å²) in [6, 6.07) is 11.0. The van der Waals surface area contributed by atoms with Gasteiger partial charge in [0.25, 0.3) is 5.91 Å². The van der Waals surface area contributed by atoms with Gasteiger partial charge in [0.2, 0.25) is 5.75 Å². The lowest BCUT2D eigenvalue weighted by Gasteiger charge is -2.43. The van der Waals surface area contributed by atoms with Crippen LogP contribution in [0.25, 0.3) is 0 Å². The Balaban J connectivity index is 1.87. The van der Waals surface area contributed by atoms with E-state index in [-0.39, 0.29) is 5.91 Å². The summed E-state index contributed by atoms with van der Waals surface area (Å²) in [5.41, 5.74) is 2.60. The number of nitrogens with zero attached hydrogens (tertiary/aromatic N) is 2. The molecule has 0 bridgehead atoms. The second-order valence-electron chi connectivity index (χ2n) is 6.70. The number of ether oxygens (including phenoxy) is 3. The average Bonchev–Trinajstić information content (AvgIpc) is 2.77. The fourth-order valence-electron chi connectivity index (χ4n) is 3.75. The molecule has 8 nitrogen and oxygen atoms in total. The lowest BCUT2D eigenvalue weighted by Crippen LogP contribution is -2.50. The van der Waals surface area contributed by atoms with Gasteiger partial charge in [-0.05, 0) is 24.0 Å². The lowest BCUT2D eigenvalue weighted by molar-refractivity contribution is -0.127. The van der Waals surface area contributed by atoms with Crippen LogP contribution in [-0.4, -0.2) is 43.2 Å². The van der Waals surface area contributed by atoms with E-state index < -0.39 is 12.2 Å². The van der Waals surface area contributed by atoms with Gasteiger partial charge in [0, 0.05) is 16.8 Å². The van der Waals surface area contributed by atoms with E-state index in [1.807, 2.05) is 43.3 Å².